The van der Waals surface area contributed by atoms with Crippen LogP contribution >= 0.6 is 0 Å². The number of carbonyl (C=O) groups is 1. The zero-order chi connectivity index (χ0) is 29.1. The lowest BCUT2D eigenvalue weighted by Gasteiger charge is -2.26. The van der Waals surface area contributed by atoms with Crippen molar-refractivity contribution in [2.45, 2.75) is 71.6 Å². The van der Waals surface area contributed by atoms with Crippen molar-refractivity contribution in [1.82, 2.24) is 25.1 Å². The largest absolute Gasteiger partial charge is 0.416 e. The van der Waals surface area contributed by atoms with Crippen LogP contribution in [0, 0.1) is 13.8 Å². The van der Waals surface area contributed by atoms with Crippen molar-refractivity contribution in [2.24, 2.45) is 0 Å². The molecule has 0 aliphatic heterocycles. The summed E-state index contributed by atoms with van der Waals surface area (Å²) >= 11 is 0. The van der Waals surface area contributed by atoms with Crippen LogP contribution in [-0.4, -0.2) is 31.6 Å². The number of alkyl halides is 3. The first-order valence-corrected chi connectivity index (χ1v) is 13.8. The lowest BCUT2D eigenvalue weighted by Crippen LogP contribution is -2.34. The number of Topliss-reactive ketones (excluding diaryl/α,β-unsaturated/α-hetero) is 1. The molecular formula is C31H33F3N6O. The summed E-state index contributed by atoms with van der Waals surface area (Å²) in [5.41, 5.74) is 3.78. The topological polar surface area (TPSA) is 84.7 Å². The van der Waals surface area contributed by atoms with Crippen LogP contribution in [0.15, 0.2) is 54.9 Å². The van der Waals surface area contributed by atoms with E-state index in [0.717, 1.165) is 60.5 Å². The highest BCUT2D eigenvalue weighted by Gasteiger charge is 2.32. The average Bonchev–Trinajstić information content (AvgIpc) is 3.28. The predicted molar refractivity (Wildman–Crippen MR) is 152 cm³/mol. The van der Waals surface area contributed by atoms with Crippen LogP contribution in [0.4, 0.5) is 24.7 Å². The molecule has 10 heteroatoms. The van der Waals surface area contributed by atoms with E-state index >= 15 is 0 Å². The van der Waals surface area contributed by atoms with E-state index in [1.165, 1.54) is 6.33 Å². The fourth-order valence-electron chi connectivity index (χ4n) is 4.79. The third kappa shape index (κ3) is 6.82. The van der Waals surface area contributed by atoms with Gasteiger partial charge in [0.1, 0.15) is 12.1 Å². The van der Waals surface area contributed by atoms with Gasteiger partial charge in [0.05, 0.1) is 11.3 Å². The Labute approximate surface area is 237 Å². The first-order chi connectivity index (χ1) is 19.6. The molecule has 0 radical (unpaired) electrons. The van der Waals surface area contributed by atoms with Gasteiger partial charge < -0.3 is 10.6 Å². The molecule has 2 N–H and O–H groups in total. The minimum absolute atomic E-state index is 0.0319. The van der Waals surface area contributed by atoms with Crippen molar-refractivity contribution in [3.8, 4) is 5.82 Å². The van der Waals surface area contributed by atoms with Gasteiger partial charge in [-0.05, 0) is 74.1 Å². The van der Waals surface area contributed by atoms with Crippen molar-refractivity contribution in [3.63, 3.8) is 0 Å². The van der Waals surface area contributed by atoms with Gasteiger partial charge in [0.2, 0.25) is 0 Å². The number of hydrogen-bond donors (Lipinski definition) is 2. The van der Waals surface area contributed by atoms with Crippen molar-refractivity contribution < 1.29 is 18.0 Å². The van der Waals surface area contributed by atoms with Crippen LogP contribution in [0.1, 0.15) is 70.2 Å². The Morgan fingerprint density at radius 1 is 1.02 bits per heavy atom. The van der Waals surface area contributed by atoms with E-state index in [9.17, 15) is 18.0 Å². The Kier molecular flexibility index (Phi) is 8.21. The molecule has 1 saturated carbocycles. The molecule has 41 heavy (non-hydrogen) atoms. The predicted octanol–water partition coefficient (Wildman–Crippen LogP) is 6.67. The normalized spacial score (nSPS) is 13.7. The molecule has 2 aromatic carbocycles. The van der Waals surface area contributed by atoms with Gasteiger partial charge >= 0.3 is 6.18 Å². The van der Waals surface area contributed by atoms with E-state index in [4.69, 9.17) is 0 Å². The molecule has 2 heterocycles. The summed E-state index contributed by atoms with van der Waals surface area (Å²) in [4.78, 5) is 21.9. The molecule has 0 unspecified atom stereocenters. The number of nitrogens with one attached hydrogen (secondary N) is 2. The average molecular weight is 563 g/mol. The van der Waals surface area contributed by atoms with E-state index in [0.29, 0.717) is 35.3 Å². The third-order valence-electron chi connectivity index (χ3n) is 7.39. The van der Waals surface area contributed by atoms with E-state index in [1.54, 1.807) is 10.7 Å². The Balaban J connectivity index is 1.38. The van der Waals surface area contributed by atoms with E-state index in [2.05, 4.69) is 25.7 Å². The molecule has 2 aromatic heterocycles. The minimum Gasteiger partial charge on any atom is -0.340 e. The molecule has 0 atom stereocenters. The summed E-state index contributed by atoms with van der Waals surface area (Å²) in [5, 5.41) is 11.3. The first-order valence-electron chi connectivity index (χ1n) is 13.8. The minimum atomic E-state index is -4.54. The Hall–Kier alpha value is -4.05. The van der Waals surface area contributed by atoms with Crippen molar-refractivity contribution >= 4 is 17.3 Å². The standard InChI is InChI=1S/C31H33F3N6O/c1-4-25-16-29(37-18-36-25)40-30(10-20(3)39-40)38-27-13-21(9-8-19(27)2)14-28(41)23-11-22(17-35-26-6-5-7-26)12-24(15-23)31(32,33)34/h8-13,15-16,18,26,35,38H,4-7,14,17H2,1-3H3. The second-order valence-electron chi connectivity index (χ2n) is 10.6. The fourth-order valence-corrected chi connectivity index (χ4v) is 4.79. The van der Waals surface area contributed by atoms with Gasteiger partial charge in [0.15, 0.2) is 11.6 Å². The SMILES string of the molecule is CCc1cc(-n2nc(C)cc2Nc2cc(CC(=O)c3cc(CNC4CCC4)cc(C(F)(F)F)c3)ccc2C)ncn1. The van der Waals surface area contributed by atoms with Gasteiger partial charge in [-0.1, -0.05) is 25.5 Å². The molecule has 1 fully saturated rings. The van der Waals surface area contributed by atoms with Crippen LogP contribution in [0.2, 0.25) is 0 Å². The molecule has 7 nitrogen and oxygen atoms in total. The number of hydrogen-bond acceptors (Lipinski definition) is 6. The van der Waals surface area contributed by atoms with Crippen molar-refractivity contribution in [1.29, 1.82) is 0 Å². The van der Waals surface area contributed by atoms with E-state index < -0.39 is 11.7 Å². The fraction of sp³-hybridized carbons (Fsp3) is 0.355. The Morgan fingerprint density at radius 2 is 1.83 bits per heavy atom. The molecular weight excluding hydrogens is 529 g/mol. The summed E-state index contributed by atoms with van der Waals surface area (Å²) in [6.45, 7) is 6.14. The van der Waals surface area contributed by atoms with Gasteiger partial charge in [-0.25, -0.2) is 9.97 Å². The molecule has 5 rings (SSSR count). The van der Waals surface area contributed by atoms with Crippen molar-refractivity contribution in [3.05, 3.63) is 94.1 Å². The number of aryl methyl sites for hydroxylation is 3. The summed E-state index contributed by atoms with van der Waals surface area (Å²) in [5.74, 6) is 0.949. The number of rotatable bonds is 10. The van der Waals surface area contributed by atoms with Crippen LogP contribution < -0.4 is 10.6 Å². The Morgan fingerprint density at radius 3 is 2.54 bits per heavy atom. The number of carbonyl (C=O) groups excluding carboxylic acids is 1. The van der Waals surface area contributed by atoms with Gasteiger partial charge in [0, 0.05) is 48.1 Å². The smallest absolute Gasteiger partial charge is 0.340 e. The molecule has 214 valence electrons. The number of ketones is 1. The third-order valence-corrected chi connectivity index (χ3v) is 7.39. The number of nitrogens with zero attached hydrogens (tertiary/aromatic N) is 4. The number of benzene rings is 2. The summed E-state index contributed by atoms with van der Waals surface area (Å²) in [7, 11) is 0. The van der Waals surface area contributed by atoms with Crippen LogP contribution in [0.3, 0.4) is 0 Å². The van der Waals surface area contributed by atoms with Gasteiger partial charge in [0.25, 0.3) is 0 Å². The molecule has 0 amide bonds. The molecule has 0 bridgehead atoms. The zero-order valence-electron chi connectivity index (χ0n) is 23.3. The summed E-state index contributed by atoms with van der Waals surface area (Å²) < 4.78 is 42.7. The van der Waals surface area contributed by atoms with E-state index in [-0.39, 0.29) is 17.8 Å². The Bertz CT molecular complexity index is 1560. The number of halogens is 3. The maximum absolute atomic E-state index is 13.7. The maximum Gasteiger partial charge on any atom is 0.416 e. The summed E-state index contributed by atoms with van der Waals surface area (Å²) in [6.07, 6.45) is 0.870. The lowest BCUT2D eigenvalue weighted by molar-refractivity contribution is -0.137. The van der Waals surface area contributed by atoms with Gasteiger partial charge in [-0.2, -0.15) is 23.0 Å². The second-order valence-corrected chi connectivity index (χ2v) is 10.6. The monoisotopic (exact) mass is 562 g/mol. The van der Waals surface area contributed by atoms with Gasteiger partial charge in [-0.3, -0.25) is 4.79 Å². The molecule has 0 saturated heterocycles. The van der Waals surface area contributed by atoms with Crippen LogP contribution in [0.5, 0.6) is 0 Å². The molecule has 4 aromatic rings. The van der Waals surface area contributed by atoms with Crippen molar-refractivity contribution in [2.75, 3.05) is 5.32 Å². The van der Waals surface area contributed by atoms with E-state index in [1.807, 2.05) is 51.1 Å². The van der Waals surface area contributed by atoms with Crippen LogP contribution in [0.25, 0.3) is 5.82 Å². The first kappa shape index (κ1) is 28.5. The molecule has 1 aliphatic carbocycles. The molecule has 1 aliphatic rings. The quantitative estimate of drug-likeness (QED) is 0.210. The maximum atomic E-state index is 13.7. The van der Waals surface area contributed by atoms with Crippen LogP contribution in [-0.2, 0) is 25.6 Å². The highest BCUT2D eigenvalue weighted by atomic mass is 19.4. The number of aromatic nitrogens is 4. The summed E-state index contributed by atoms with van der Waals surface area (Å²) in [6, 6.07) is 13.3. The highest BCUT2D eigenvalue weighted by Crippen LogP contribution is 2.32. The lowest BCUT2D eigenvalue weighted by atomic mass is 9.92. The number of anilines is 2. The second kappa shape index (κ2) is 11.8. The highest BCUT2D eigenvalue weighted by molar-refractivity contribution is 5.98. The molecule has 0 spiro atoms. The zero-order valence-corrected chi connectivity index (χ0v) is 23.3. The van der Waals surface area contributed by atoms with Gasteiger partial charge in [-0.15, -0.1) is 0 Å².